The van der Waals surface area contributed by atoms with E-state index in [1.54, 1.807) is 0 Å². The van der Waals surface area contributed by atoms with Gasteiger partial charge in [0.2, 0.25) is 0 Å². The zero-order valence-corrected chi connectivity index (χ0v) is 13.2. The van der Waals surface area contributed by atoms with Crippen molar-refractivity contribution < 1.29 is 4.79 Å². The predicted molar refractivity (Wildman–Crippen MR) is 92.6 cm³/mol. The van der Waals surface area contributed by atoms with E-state index in [0.717, 1.165) is 32.6 Å². The molecule has 5 rings (SSSR count). The number of nitrogens with one attached hydrogen (secondary N) is 1. The quantitative estimate of drug-likeness (QED) is 0.612. The van der Waals surface area contributed by atoms with Crippen LogP contribution in [0.1, 0.15) is 0 Å². The highest BCUT2D eigenvalue weighted by Gasteiger charge is 2.20. The van der Waals surface area contributed by atoms with Gasteiger partial charge in [-0.3, -0.25) is 0 Å². The normalized spacial score (nSPS) is 12.9. The van der Waals surface area contributed by atoms with Crippen LogP contribution in [0.25, 0.3) is 32.6 Å². The molecule has 4 aromatic rings. The van der Waals surface area contributed by atoms with Crippen molar-refractivity contribution in [2.45, 2.75) is 0 Å². The summed E-state index contributed by atoms with van der Waals surface area (Å²) >= 11 is 1.44. The van der Waals surface area contributed by atoms with Crippen molar-refractivity contribution in [3.63, 3.8) is 0 Å². The summed E-state index contributed by atoms with van der Waals surface area (Å²) in [5.41, 5.74) is 3.61. The molecule has 0 unspecified atom stereocenters. The first-order chi connectivity index (χ1) is 11.8. The predicted octanol–water partition coefficient (Wildman–Crippen LogP) is 3.33. The van der Waals surface area contributed by atoms with Gasteiger partial charge in [0.25, 0.3) is 0 Å². The number of aromatic amines is 1. The number of rotatable bonds is 2. The number of carbonyl (C=O) groups excluding carboxylic acids is 1. The summed E-state index contributed by atoms with van der Waals surface area (Å²) in [6, 6.07) is 15.3. The Morgan fingerprint density at radius 1 is 0.958 bits per heavy atom. The molecule has 1 aliphatic rings. The average Bonchev–Trinajstić information content (AvgIpc) is 3.32. The van der Waals surface area contributed by atoms with E-state index < -0.39 is 6.03 Å². The first kappa shape index (κ1) is 13.3. The molecule has 0 saturated heterocycles. The lowest BCUT2D eigenvalue weighted by Crippen LogP contribution is -2.24. The third-order valence-corrected chi connectivity index (χ3v) is 4.91. The van der Waals surface area contributed by atoms with E-state index in [0.29, 0.717) is 10.7 Å². The van der Waals surface area contributed by atoms with Gasteiger partial charge in [-0.2, -0.15) is 14.4 Å². The van der Waals surface area contributed by atoms with Gasteiger partial charge in [-0.1, -0.05) is 18.2 Å². The maximum Gasteiger partial charge on any atom is 0.368 e. The molecule has 1 N–H and O–H groups in total. The molecule has 0 saturated carbocycles. The SMILES string of the molecule is O=C1N=c2ccc(-c3ccc[nH]3)c(-c3nsc4ccccc34)c2=N1. The van der Waals surface area contributed by atoms with Crippen LogP contribution < -0.4 is 10.7 Å². The van der Waals surface area contributed by atoms with Crippen molar-refractivity contribution >= 4 is 27.6 Å². The average molecular weight is 330 g/mol. The molecule has 2 aromatic heterocycles. The Morgan fingerprint density at radius 3 is 2.75 bits per heavy atom. The fraction of sp³-hybridized carbons (Fsp3) is 0. The second kappa shape index (κ2) is 4.94. The highest BCUT2D eigenvalue weighted by atomic mass is 32.1. The molecule has 0 radical (unpaired) electrons. The highest BCUT2D eigenvalue weighted by Crippen LogP contribution is 2.34. The minimum absolute atomic E-state index is 0.463. The molecule has 5 nitrogen and oxygen atoms in total. The minimum atomic E-state index is -0.463. The first-order valence-electron chi connectivity index (χ1n) is 7.44. The zero-order chi connectivity index (χ0) is 16.1. The van der Waals surface area contributed by atoms with E-state index in [-0.39, 0.29) is 0 Å². The number of amides is 2. The molecule has 0 fully saturated rings. The van der Waals surface area contributed by atoms with Crippen molar-refractivity contribution in [1.82, 2.24) is 9.36 Å². The van der Waals surface area contributed by atoms with Crippen molar-refractivity contribution in [1.29, 1.82) is 0 Å². The maximum atomic E-state index is 11.7. The van der Waals surface area contributed by atoms with Crippen LogP contribution in [0.5, 0.6) is 0 Å². The van der Waals surface area contributed by atoms with Crippen LogP contribution in [0.4, 0.5) is 4.79 Å². The standard InChI is InChI=1S/C18H10N4OS/c23-18-20-13-8-7-10(12-5-3-9-19-12)15(17(13)21-18)16-11-4-1-2-6-14(11)24-22-16/h1-9,19H. The number of benzene rings is 2. The molecule has 24 heavy (non-hydrogen) atoms. The molecule has 2 amide bonds. The molecule has 0 bridgehead atoms. The second-order valence-electron chi connectivity index (χ2n) is 5.47. The molecule has 0 aliphatic carbocycles. The fourth-order valence-electron chi connectivity index (χ4n) is 3.04. The summed E-state index contributed by atoms with van der Waals surface area (Å²) in [4.78, 5) is 23.1. The van der Waals surface area contributed by atoms with E-state index in [1.807, 2.05) is 54.7 Å². The van der Waals surface area contributed by atoms with E-state index in [1.165, 1.54) is 11.5 Å². The maximum absolute atomic E-state index is 11.7. The smallest absolute Gasteiger partial charge is 0.361 e. The van der Waals surface area contributed by atoms with Crippen LogP contribution >= 0.6 is 11.5 Å². The van der Waals surface area contributed by atoms with Crippen LogP contribution in [0.15, 0.2) is 64.7 Å². The molecule has 0 atom stereocenters. The summed E-state index contributed by atoms with van der Waals surface area (Å²) in [7, 11) is 0. The number of H-pyrrole nitrogens is 1. The van der Waals surface area contributed by atoms with Gasteiger partial charge in [-0.05, 0) is 41.9 Å². The number of urea groups is 1. The molecule has 1 aliphatic heterocycles. The highest BCUT2D eigenvalue weighted by molar-refractivity contribution is 7.13. The Balaban J connectivity index is 1.95. The third kappa shape index (κ3) is 1.87. The Hall–Kier alpha value is -3.12. The molecular weight excluding hydrogens is 320 g/mol. The number of aromatic nitrogens is 2. The zero-order valence-electron chi connectivity index (χ0n) is 12.4. The number of fused-ring (bicyclic) bond motifs is 2. The molecule has 0 spiro atoms. The number of hydrogen-bond donors (Lipinski definition) is 1. The van der Waals surface area contributed by atoms with Crippen LogP contribution in [-0.4, -0.2) is 15.4 Å². The lowest BCUT2D eigenvalue weighted by molar-refractivity contribution is 0.256. The first-order valence-corrected chi connectivity index (χ1v) is 8.21. The van der Waals surface area contributed by atoms with Crippen molar-refractivity contribution in [2.24, 2.45) is 9.98 Å². The van der Waals surface area contributed by atoms with E-state index in [9.17, 15) is 4.79 Å². The Bertz CT molecular complexity index is 1220. The van der Waals surface area contributed by atoms with Gasteiger partial charge in [0.15, 0.2) is 0 Å². The van der Waals surface area contributed by atoms with Crippen molar-refractivity contribution in [3.05, 3.63) is 65.4 Å². The van der Waals surface area contributed by atoms with Crippen LogP contribution in [0.3, 0.4) is 0 Å². The van der Waals surface area contributed by atoms with Gasteiger partial charge in [-0.15, -0.1) is 0 Å². The summed E-state index contributed by atoms with van der Waals surface area (Å²) < 4.78 is 5.75. The molecule has 6 heteroatoms. The largest absolute Gasteiger partial charge is 0.368 e. The molecular formula is C18H10N4OS. The fourth-order valence-corrected chi connectivity index (χ4v) is 3.82. The lowest BCUT2D eigenvalue weighted by atomic mass is 9.98. The lowest BCUT2D eigenvalue weighted by Gasteiger charge is -2.06. The van der Waals surface area contributed by atoms with Gasteiger partial charge >= 0.3 is 6.03 Å². The van der Waals surface area contributed by atoms with Gasteiger partial charge in [0, 0.05) is 28.4 Å². The van der Waals surface area contributed by atoms with Crippen LogP contribution in [0.2, 0.25) is 0 Å². The molecule has 2 aromatic carbocycles. The number of hydrogen-bond acceptors (Lipinski definition) is 3. The van der Waals surface area contributed by atoms with E-state index >= 15 is 0 Å². The molecule has 114 valence electrons. The van der Waals surface area contributed by atoms with Gasteiger partial charge in [0.1, 0.15) is 5.36 Å². The Labute approximate surface area is 140 Å². The summed E-state index contributed by atoms with van der Waals surface area (Å²) in [6.07, 6.45) is 1.87. The van der Waals surface area contributed by atoms with E-state index in [2.05, 4.69) is 19.3 Å². The Morgan fingerprint density at radius 2 is 1.88 bits per heavy atom. The van der Waals surface area contributed by atoms with Gasteiger partial charge in [-0.25, -0.2) is 4.79 Å². The summed E-state index contributed by atoms with van der Waals surface area (Å²) in [5.74, 6) is 0. The number of carbonyl (C=O) groups is 1. The third-order valence-electron chi connectivity index (χ3n) is 4.08. The van der Waals surface area contributed by atoms with E-state index in [4.69, 9.17) is 0 Å². The summed E-state index contributed by atoms with van der Waals surface area (Å²) in [5, 5.41) is 2.25. The monoisotopic (exact) mass is 330 g/mol. The Kier molecular flexibility index (Phi) is 2.74. The second-order valence-corrected chi connectivity index (χ2v) is 6.28. The van der Waals surface area contributed by atoms with Crippen LogP contribution in [0, 0.1) is 0 Å². The summed E-state index contributed by atoms with van der Waals surface area (Å²) in [6.45, 7) is 0. The topological polar surface area (TPSA) is 70.5 Å². The number of nitrogens with zero attached hydrogens (tertiary/aromatic N) is 3. The minimum Gasteiger partial charge on any atom is -0.361 e. The van der Waals surface area contributed by atoms with Crippen molar-refractivity contribution in [2.75, 3.05) is 0 Å². The van der Waals surface area contributed by atoms with Gasteiger partial charge in [0.05, 0.1) is 15.8 Å². The molecule has 3 heterocycles. The van der Waals surface area contributed by atoms with Crippen molar-refractivity contribution in [3.8, 4) is 22.5 Å². The van der Waals surface area contributed by atoms with Gasteiger partial charge < -0.3 is 4.98 Å². The van der Waals surface area contributed by atoms with Crippen LogP contribution in [-0.2, 0) is 0 Å².